The molecule has 1 aromatic carbocycles. The van der Waals surface area contributed by atoms with Crippen molar-refractivity contribution in [3.63, 3.8) is 0 Å². The van der Waals surface area contributed by atoms with Crippen molar-refractivity contribution in [2.75, 3.05) is 7.11 Å². The van der Waals surface area contributed by atoms with Crippen LogP contribution in [0.4, 0.5) is 0 Å². The van der Waals surface area contributed by atoms with Gasteiger partial charge in [0.25, 0.3) is 0 Å². The van der Waals surface area contributed by atoms with Crippen molar-refractivity contribution >= 4 is 11.6 Å². The third-order valence-corrected chi connectivity index (χ3v) is 2.73. The number of amides is 1. The van der Waals surface area contributed by atoms with E-state index in [4.69, 9.17) is 4.74 Å². The van der Waals surface area contributed by atoms with Gasteiger partial charge in [0.1, 0.15) is 0 Å². The second kappa shape index (κ2) is 4.45. The second-order valence-corrected chi connectivity index (χ2v) is 4.02. The molecule has 1 aliphatic rings. The molecule has 0 saturated heterocycles. The summed E-state index contributed by atoms with van der Waals surface area (Å²) in [6.07, 6.45) is 0.419. The predicted octanol–water partition coefficient (Wildman–Crippen LogP) is 1.26. The van der Waals surface area contributed by atoms with Crippen LogP contribution in [-0.4, -0.2) is 23.8 Å². The van der Waals surface area contributed by atoms with Crippen LogP contribution in [0.5, 0.6) is 11.5 Å². The molecule has 5 heteroatoms. The molecule has 0 aliphatic carbocycles. The first-order valence-corrected chi connectivity index (χ1v) is 5.35. The normalized spacial score (nSPS) is 19.5. The van der Waals surface area contributed by atoms with Gasteiger partial charge in [-0.25, -0.2) is 5.43 Å². The Balaban J connectivity index is 2.37. The molecule has 1 unspecified atom stereocenters. The van der Waals surface area contributed by atoms with Crippen LogP contribution in [0, 0.1) is 5.92 Å². The summed E-state index contributed by atoms with van der Waals surface area (Å²) in [5.41, 5.74) is 4.09. The summed E-state index contributed by atoms with van der Waals surface area (Å²) in [4.78, 5) is 11.1. The maximum Gasteiger partial charge on any atom is 0.240 e. The minimum Gasteiger partial charge on any atom is -0.504 e. The van der Waals surface area contributed by atoms with Crippen LogP contribution in [0.2, 0.25) is 0 Å². The van der Waals surface area contributed by atoms with Gasteiger partial charge in [0.15, 0.2) is 11.5 Å². The van der Waals surface area contributed by atoms with Crippen molar-refractivity contribution in [3.8, 4) is 11.5 Å². The van der Waals surface area contributed by atoms with Crippen LogP contribution >= 0.6 is 0 Å². The number of benzene rings is 1. The average Bonchev–Trinajstić information content (AvgIpc) is 2.30. The van der Waals surface area contributed by atoms with Crippen molar-refractivity contribution < 1.29 is 14.6 Å². The fourth-order valence-electron chi connectivity index (χ4n) is 1.84. The number of hydrazone groups is 1. The van der Waals surface area contributed by atoms with Crippen LogP contribution in [-0.2, 0) is 4.79 Å². The first kappa shape index (κ1) is 11.4. The lowest BCUT2D eigenvalue weighted by atomic mass is 9.94. The van der Waals surface area contributed by atoms with E-state index in [1.165, 1.54) is 7.11 Å². The summed E-state index contributed by atoms with van der Waals surface area (Å²) in [5, 5.41) is 13.6. The van der Waals surface area contributed by atoms with Gasteiger partial charge < -0.3 is 9.84 Å². The molecular formula is C12H14N2O3. The number of methoxy groups -OCH3 is 1. The molecular weight excluding hydrogens is 220 g/mol. The van der Waals surface area contributed by atoms with Gasteiger partial charge in [0, 0.05) is 17.9 Å². The highest BCUT2D eigenvalue weighted by Crippen LogP contribution is 2.28. The first-order valence-electron chi connectivity index (χ1n) is 5.35. The Labute approximate surface area is 99.1 Å². The van der Waals surface area contributed by atoms with E-state index < -0.39 is 0 Å². The lowest BCUT2D eigenvalue weighted by molar-refractivity contribution is -0.121. The standard InChI is InChI=1S/C12H14N2O3/c1-7-5-11(16)13-14-12(7)8-3-4-9(15)10(6-8)17-2/h3-4,6-7,15H,5H2,1-2H3,(H,13,16). The lowest BCUT2D eigenvalue weighted by Gasteiger charge is -2.19. The third-order valence-electron chi connectivity index (χ3n) is 2.73. The molecule has 1 aliphatic heterocycles. The number of carbonyl (C=O) groups is 1. The molecule has 1 heterocycles. The van der Waals surface area contributed by atoms with Gasteiger partial charge in [-0.05, 0) is 18.2 Å². The van der Waals surface area contributed by atoms with E-state index in [2.05, 4.69) is 10.5 Å². The Hall–Kier alpha value is -2.04. The summed E-state index contributed by atoms with van der Waals surface area (Å²) in [7, 11) is 1.49. The van der Waals surface area contributed by atoms with Crippen molar-refractivity contribution in [3.05, 3.63) is 23.8 Å². The monoisotopic (exact) mass is 234 g/mol. The zero-order valence-corrected chi connectivity index (χ0v) is 9.73. The van der Waals surface area contributed by atoms with E-state index in [1.807, 2.05) is 6.92 Å². The van der Waals surface area contributed by atoms with Gasteiger partial charge in [-0.2, -0.15) is 5.10 Å². The lowest BCUT2D eigenvalue weighted by Crippen LogP contribution is -2.31. The Kier molecular flexibility index (Phi) is 2.99. The van der Waals surface area contributed by atoms with Crippen LogP contribution in [0.1, 0.15) is 18.9 Å². The number of hydrogen-bond donors (Lipinski definition) is 2. The number of nitrogens with one attached hydrogen (secondary N) is 1. The first-order chi connectivity index (χ1) is 8.11. The minimum absolute atomic E-state index is 0.0537. The second-order valence-electron chi connectivity index (χ2n) is 4.02. The predicted molar refractivity (Wildman–Crippen MR) is 63.1 cm³/mol. The molecule has 0 bridgehead atoms. The van der Waals surface area contributed by atoms with Crippen LogP contribution in [0.15, 0.2) is 23.3 Å². The Bertz CT molecular complexity index is 483. The largest absolute Gasteiger partial charge is 0.504 e. The Morgan fingerprint density at radius 1 is 1.53 bits per heavy atom. The maximum absolute atomic E-state index is 11.1. The SMILES string of the molecule is COc1cc(C2=NNC(=O)CC2C)ccc1O. The number of phenolic OH excluding ortho intramolecular Hbond substituents is 1. The van der Waals surface area contributed by atoms with E-state index in [1.54, 1.807) is 18.2 Å². The number of ether oxygens (including phenoxy) is 1. The smallest absolute Gasteiger partial charge is 0.240 e. The summed E-state index contributed by atoms with van der Waals surface area (Å²) in [6, 6.07) is 5.02. The molecule has 0 saturated carbocycles. The van der Waals surface area contributed by atoms with Gasteiger partial charge in [-0.1, -0.05) is 6.92 Å². The molecule has 0 radical (unpaired) electrons. The van der Waals surface area contributed by atoms with E-state index in [-0.39, 0.29) is 17.6 Å². The molecule has 17 heavy (non-hydrogen) atoms. The number of aromatic hydroxyl groups is 1. The summed E-state index contributed by atoms with van der Waals surface area (Å²) in [6.45, 7) is 1.94. The minimum atomic E-state index is -0.0769. The molecule has 1 atom stereocenters. The number of rotatable bonds is 2. The van der Waals surface area contributed by atoms with Crippen molar-refractivity contribution in [2.24, 2.45) is 11.0 Å². The Morgan fingerprint density at radius 3 is 2.94 bits per heavy atom. The topological polar surface area (TPSA) is 70.9 Å². The van der Waals surface area contributed by atoms with E-state index in [0.717, 1.165) is 11.3 Å². The number of phenols is 1. The van der Waals surface area contributed by atoms with Crippen LogP contribution in [0.3, 0.4) is 0 Å². The molecule has 0 spiro atoms. The van der Waals surface area contributed by atoms with Crippen LogP contribution < -0.4 is 10.2 Å². The van der Waals surface area contributed by atoms with Gasteiger partial charge >= 0.3 is 0 Å². The molecule has 1 aromatic rings. The van der Waals surface area contributed by atoms with E-state index in [9.17, 15) is 9.90 Å². The summed E-state index contributed by atoms with van der Waals surface area (Å²) in [5.74, 6) is 0.462. The summed E-state index contributed by atoms with van der Waals surface area (Å²) < 4.78 is 5.04. The van der Waals surface area contributed by atoms with Gasteiger partial charge in [-0.15, -0.1) is 0 Å². The zero-order valence-electron chi connectivity index (χ0n) is 9.73. The molecule has 0 aromatic heterocycles. The van der Waals surface area contributed by atoms with Gasteiger partial charge in [0.05, 0.1) is 12.8 Å². The molecule has 90 valence electrons. The highest BCUT2D eigenvalue weighted by molar-refractivity contribution is 6.06. The fourth-order valence-corrected chi connectivity index (χ4v) is 1.84. The fraction of sp³-hybridized carbons (Fsp3) is 0.333. The molecule has 2 N–H and O–H groups in total. The van der Waals surface area contributed by atoms with Gasteiger partial charge in [0.2, 0.25) is 5.91 Å². The highest BCUT2D eigenvalue weighted by atomic mass is 16.5. The molecule has 0 fully saturated rings. The van der Waals surface area contributed by atoms with Crippen molar-refractivity contribution in [2.45, 2.75) is 13.3 Å². The molecule has 2 rings (SSSR count). The third kappa shape index (κ3) is 2.22. The maximum atomic E-state index is 11.1. The number of nitrogens with zero attached hydrogens (tertiary/aromatic N) is 1. The van der Waals surface area contributed by atoms with E-state index in [0.29, 0.717) is 12.2 Å². The summed E-state index contributed by atoms with van der Waals surface area (Å²) >= 11 is 0. The number of carbonyl (C=O) groups excluding carboxylic acids is 1. The van der Waals surface area contributed by atoms with Crippen molar-refractivity contribution in [1.82, 2.24) is 5.43 Å². The van der Waals surface area contributed by atoms with E-state index >= 15 is 0 Å². The Morgan fingerprint density at radius 2 is 2.29 bits per heavy atom. The zero-order chi connectivity index (χ0) is 12.4. The quantitative estimate of drug-likeness (QED) is 0.809. The van der Waals surface area contributed by atoms with Gasteiger partial charge in [-0.3, -0.25) is 4.79 Å². The average molecular weight is 234 g/mol. The van der Waals surface area contributed by atoms with Crippen molar-refractivity contribution in [1.29, 1.82) is 0 Å². The number of hydrogen-bond acceptors (Lipinski definition) is 4. The molecule has 5 nitrogen and oxygen atoms in total. The molecule has 1 amide bonds. The van der Waals surface area contributed by atoms with Crippen LogP contribution in [0.25, 0.3) is 0 Å². The highest BCUT2D eigenvalue weighted by Gasteiger charge is 2.22.